The van der Waals surface area contributed by atoms with Crippen LogP contribution >= 0.6 is 15.9 Å². The van der Waals surface area contributed by atoms with E-state index in [1.807, 2.05) is 17.4 Å². The maximum Gasteiger partial charge on any atom is 0.137 e. The van der Waals surface area contributed by atoms with E-state index >= 15 is 0 Å². The molecule has 2 heterocycles. The van der Waals surface area contributed by atoms with Gasteiger partial charge in [0.2, 0.25) is 0 Å². The molecule has 13 heavy (non-hydrogen) atoms. The number of pyridine rings is 1. The molecular weight excluding hydrogens is 230 g/mol. The second-order valence-corrected chi connectivity index (χ2v) is 3.60. The van der Waals surface area contributed by atoms with Gasteiger partial charge in [-0.2, -0.15) is 5.26 Å². The number of nitriles is 1. The highest BCUT2D eigenvalue weighted by Crippen LogP contribution is 2.16. The van der Waals surface area contributed by atoms with Crippen LogP contribution in [-0.4, -0.2) is 9.38 Å². The number of rotatable bonds is 0. The van der Waals surface area contributed by atoms with Crippen LogP contribution in [0.5, 0.6) is 0 Å². The number of imidazole rings is 1. The quantitative estimate of drug-likeness (QED) is 0.704. The molecule has 0 spiro atoms. The molecule has 0 aliphatic heterocycles. The van der Waals surface area contributed by atoms with E-state index in [1.165, 1.54) is 0 Å². The maximum atomic E-state index is 8.81. The zero-order valence-corrected chi connectivity index (χ0v) is 8.54. The highest BCUT2D eigenvalue weighted by atomic mass is 79.9. The molecule has 0 atom stereocenters. The van der Waals surface area contributed by atoms with Crippen LogP contribution in [0.25, 0.3) is 5.65 Å². The molecule has 0 fully saturated rings. The molecule has 64 valence electrons. The Hall–Kier alpha value is -1.34. The van der Waals surface area contributed by atoms with Crippen LogP contribution in [0.15, 0.2) is 23.1 Å². The summed E-state index contributed by atoms with van der Waals surface area (Å²) in [4.78, 5) is 4.16. The molecule has 4 heteroatoms. The summed E-state index contributed by atoms with van der Waals surface area (Å²) in [6.45, 7) is 1.90. The van der Waals surface area contributed by atoms with Crippen molar-refractivity contribution in [1.82, 2.24) is 9.38 Å². The lowest BCUT2D eigenvalue weighted by Crippen LogP contribution is -1.90. The first kappa shape index (κ1) is 8.27. The molecular formula is C9H6BrN3. The Kier molecular flexibility index (Phi) is 1.82. The first-order valence-electron chi connectivity index (χ1n) is 3.75. The molecule has 0 unspecified atom stereocenters. The minimum absolute atomic E-state index is 0.672. The van der Waals surface area contributed by atoms with Crippen molar-refractivity contribution in [2.45, 2.75) is 6.92 Å². The summed E-state index contributed by atoms with van der Waals surface area (Å²) in [6, 6.07) is 4.03. The van der Waals surface area contributed by atoms with E-state index in [2.05, 4.69) is 27.0 Å². The maximum absolute atomic E-state index is 8.81. The van der Waals surface area contributed by atoms with Gasteiger partial charge in [0.1, 0.15) is 16.3 Å². The molecule has 2 aromatic heterocycles. The lowest BCUT2D eigenvalue weighted by atomic mass is 10.2. The molecule has 0 saturated heterocycles. The molecule has 0 N–H and O–H groups in total. The molecule has 0 aromatic carbocycles. The molecule has 0 bridgehead atoms. The third kappa shape index (κ3) is 1.21. The number of aromatic nitrogens is 2. The van der Waals surface area contributed by atoms with Gasteiger partial charge in [-0.25, -0.2) is 4.98 Å². The lowest BCUT2D eigenvalue weighted by molar-refractivity contribution is 1.13. The van der Waals surface area contributed by atoms with Crippen LogP contribution in [0.3, 0.4) is 0 Å². The van der Waals surface area contributed by atoms with Gasteiger partial charge in [-0.1, -0.05) is 0 Å². The van der Waals surface area contributed by atoms with Gasteiger partial charge in [-0.05, 0) is 34.5 Å². The van der Waals surface area contributed by atoms with E-state index in [4.69, 9.17) is 5.26 Å². The van der Waals surface area contributed by atoms with E-state index in [9.17, 15) is 0 Å². The van der Waals surface area contributed by atoms with Gasteiger partial charge in [0.15, 0.2) is 0 Å². The molecule has 3 nitrogen and oxygen atoms in total. The summed E-state index contributed by atoms with van der Waals surface area (Å²) >= 11 is 3.35. The summed E-state index contributed by atoms with van der Waals surface area (Å²) in [5, 5.41) is 8.81. The first-order chi connectivity index (χ1) is 6.22. The van der Waals surface area contributed by atoms with Crippen LogP contribution < -0.4 is 0 Å². The van der Waals surface area contributed by atoms with Crippen molar-refractivity contribution in [3.05, 3.63) is 34.2 Å². The largest absolute Gasteiger partial charge is 0.293 e. The third-order valence-electron chi connectivity index (χ3n) is 1.93. The fourth-order valence-corrected chi connectivity index (χ4v) is 1.59. The second kappa shape index (κ2) is 2.86. The number of nitrogens with zero attached hydrogens (tertiary/aromatic N) is 3. The highest BCUT2D eigenvalue weighted by Gasteiger charge is 2.03. The Bertz CT molecular complexity index is 507. The summed E-state index contributed by atoms with van der Waals surface area (Å²) in [7, 11) is 0. The van der Waals surface area contributed by atoms with Crippen molar-refractivity contribution in [3.63, 3.8) is 0 Å². The monoisotopic (exact) mass is 235 g/mol. The van der Waals surface area contributed by atoms with Crippen LogP contribution in [0.4, 0.5) is 0 Å². The van der Waals surface area contributed by atoms with Gasteiger partial charge in [0.05, 0.1) is 11.8 Å². The van der Waals surface area contributed by atoms with Crippen molar-refractivity contribution in [2.75, 3.05) is 0 Å². The fraction of sp³-hybridized carbons (Fsp3) is 0.111. The highest BCUT2D eigenvalue weighted by molar-refractivity contribution is 9.10. The Morgan fingerprint density at radius 2 is 2.38 bits per heavy atom. The minimum Gasteiger partial charge on any atom is -0.293 e. The van der Waals surface area contributed by atoms with Crippen molar-refractivity contribution < 1.29 is 0 Å². The van der Waals surface area contributed by atoms with Gasteiger partial charge in [0, 0.05) is 6.20 Å². The summed E-state index contributed by atoms with van der Waals surface area (Å²) in [5.74, 6) is 0. The van der Waals surface area contributed by atoms with Gasteiger partial charge in [-0.3, -0.25) is 4.40 Å². The SMILES string of the molecule is Cc1cc2ncc(Br)n2cc1C#N. The van der Waals surface area contributed by atoms with Crippen LogP contribution in [0.1, 0.15) is 11.1 Å². The topological polar surface area (TPSA) is 41.1 Å². The number of halogens is 1. The first-order valence-corrected chi connectivity index (χ1v) is 4.55. The average molecular weight is 236 g/mol. The van der Waals surface area contributed by atoms with Crippen molar-refractivity contribution >= 4 is 21.6 Å². The van der Waals surface area contributed by atoms with E-state index < -0.39 is 0 Å². The van der Waals surface area contributed by atoms with Crippen molar-refractivity contribution in [2.24, 2.45) is 0 Å². The Morgan fingerprint density at radius 1 is 1.62 bits per heavy atom. The smallest absolute Gasteiger partial charge is 0.137 e. The standard InChI is InChI=1S/C9H6BrN3/c1-6-2-9-12-4-8(10)13(9)5-7(6)3-11/h2,4-5H,1H3. The van der Waals surface area contributed by atoms with Gasteiger partial charge in [0.25, 0.3) is 0 Å². The fourth-order valence-electron chi connectivity index (χ4n) is 1.21. The summed E-state index contributed by atoms with van der Waals surface area (Å²) < 4.78 is 2.70. The Morgan fingerprint density at radius 3 is 3.08 bits per heavy atom. The Balaban J connectivity index is 2.86. The lowest BCUT2D eigenvalue weighted by Gasteiger charge is -1.99. The van der Waals surface area contributed by atoms with Crippen LogP contribution in [-0.2, 0) is 0 Å². The molecule has 0 aliphatic rings. The molecule has 2 rings (SSSR count). The third-order valence-corrected chi connectivity index (χ3v) is 2.52. The Labute approximate surface area is 83.8 Å². The van der Waals surface area contributed by atoms with Crippen LogP contribution in [0.2, 0.25) is 0 Å². The van der Waals surface area contributed by atoms with Crippen molar-refractivity contribution in [1.29, 1.82) is 5.26 Å². The van der Waals surface area contributed by atoms with E-state index in [-0.39, 0.29) is 0 Å². The molecule has 0 saturated carbocycles. The van der Waals surface area contributed by atoms with Gasteiger partial charge in [-0.15, -0.1) is 0 Å². The second-order valence-electron chi connectivity index (χ2n) is 2.79. The normalized spacial score (nSPS) is 10.2. The zero-order chi connectivity index (χ0) is 9.42. The summed E-state index contributed by atoms with van der Waals surface area (Å²) in [5.41, 5.74) is 2.47. The molecule has 2 aromatic rings. The van der Waals surface area contributed by atoms with Crippen LogP contribution in [0, 0.1) is 18.3 Å². The van der Waals surface area contributed by atoms with E-state index in [0.29, 0.717) is 5.56 Å². The predicted molar refractivity (Wildman–Crippen MR) is 52.3 cm³/mol. The van der Waals surface area contributed by atoms with Gasteiger partial charge < -0.3 is 0 Å². The number of aryl methyl sites for hydroxylation is 1. The number of fused-ring (bicyclic) bond motifs is 1. The predicted octanol–water partition coefficient (Wildman–Crippen LogP) is 2.28. The number of hydrogen-bond donors (Lipinski definition) is 0. The van der Waals surface area contributed by atoms with E-state index in [0.717, 1.165) is 15.8 Å². The zero-order valence-electron chi connectivity index (χ0n) is 6.95. The average Bonchev–Trinajstić information content (AvgIpc) is 2.46. The molecule has 0 aliphatic carbocycles. The molecule has 0 radical (unpaired) electrons. The molecule has 0 amide bonds. The summed E-state index contributed by atoms with van der Waals surface area (Å²) in [6.07, 6.45) is 3.50. The van der Waals surface area contributed by atoms with E-state index in [1.54, 1.807) is 12.4 Å². The number of hydrogen-bond acceptors (Lipinski definition) is 2. The van der Waals surface area contributed by atoms with Crippen molar-refractivity contribution in [3.8, 4) is 6.07 Å². The minimum atomic E-state index is 0.672. The van der Waals surface area contributed by atoms with Gasteiger partial charge >= 0.3 is 0 Å².